The highest BCUT2D eigenvalue weighted by atomic mass is 35.5. The minimum Gasteiger partial charge on any atom is -0.290 e. The van der Waals surface area contributed by atoms with Crippen LogP contribution in [0.15, 0.2) is 30.6 Å². The van der Waals surface area contributed by atoms with Crippen molar-refractivity contribution in [3.8, 4) is 0 Å². The van der Waals surface area contributed by atoms with E-state index in [0.717, 1.165) is 22.6 Å². The summed E-state index contributed by atoms with van der Waals surface area (Å²) in [6.07, 6.45) is 4.66. The van der Waals surface area contributed by atoms with Crippen LogP contribution in [0.3, 0.4) is 0 Å². The molecule has 0 saturated carbocycles. The van der Waals surface area contributed by atoms with Crippen molar-refractivity contribution in [1.29, 1.82) is 0 Å². The van der Waals surface area contributed by atoms with Gasteiger partial charge in [-0.15, -0.1) is 0 Å². The van der Waals surface area contributed by atoms with Gasteiger partial charge in [0, 0.05) is 35.6 Å². The van der Waals surface area contributed by atoms with Crippen molar-refractivity contribution < 1.29 is 4.79 Å². The molecule has 23 heavy (non-hydrogen) atoms. The highest BCUT2D eigenvalue weighted by Crippen LogP contribution is 2.50. The van der Waals surface area contributed by atoms with E-state index in [0.29, 0.717) is 17.9 Å². The Morgan fingerprint density at radius 1 is 1.26 bits per heavy atom. The Balaban J connectivity index is 1.90. The summed E-state index contributed by atoms with van der Waals surface area (Å²) in [6, 6.07) is 5.87. The van der Waals surface area contributed by atoms with Crippen LogP contribution in [0.1, 0.15) is 37.6 Å². The van der Waals surface area contributed by atoms with Crippen molar-refractivity contribution >= 4 is 23.3 Å². The maximum absolute atomic E-state index is 13.4. The Labute approximate surface area is 140 Å². The van der Waals surface area contributed by atoms with Crippen molar-refractivity contribution in [2.24, 2.45) is 0 Å². The Bertz CT molecular complexity index is 827. The fourth-order valence-corrected chi connectivity index (χ4v) is 4.01. The summed E-state index contributed by atoms with van der Waals surface area (Å²) in [5, 5.41) is 0.616. The van der Waals surface area contributed by atoms with Crippen molar-refractivity contribution in [3.05, 3.63) is 52.4 Å². The first kappa shape index (κ1) is 14.6. The second kappa shape index (κ2) is 4.54. The van der Waals surface area contributed by atoms with Gasteiger partial charge in [-0.2, -0.15) is 0 Å². The van der Waals surface area contributed by atoms with Crippen LogP contribution < -0.4 is 4.90 Å². The number of hydrogen-bond acceptors (Lipinski definition) is 3. The van der Waals surface area contributed by atoms with Gasteiger partial charge in [0.15, 0.2) is 0 Å². The minimum atomic E-state index is -0.586. The molecule has 0 N–H and O–H groups in total. The summed E-state index contributed by atoms with van der Waals surface area (Å²) < 4.78 is 0. The normalized spacial score (nSPS) is 22.6. The van der Waals surface area contributed by atoms with Crippen LogP contribution >= 0.6 is 11.6 Å². The van der Waals surface area contributed by atoms with E-state index in [-0.39, 0.29) is 11.4 Å². The lowest BCUT2D eigenvalue weighted by atomic mass is 9.79. The topological polar surface area (TPSA) is 46.1 Å². The maximum Gasteiger partial charge on any atom is 0.240 e. The molecule has 0 aromatic carbocycles. The van der Waals surface area contributed by atoms with Crippen LogP contribution in [0.5, 0.6) is 0 Å². The Morgan fingerprint density at radius 2 is 2.04 bits per heavy atom. The van der Waals surface area contributed by atoms with Crippen LogP contribution in [0.2, 0.25) is 5.02 Å². The molecule has 0 unspecified atom stereocenters. The van der Waals surface area contributed by atoms with Crippen molar-refractivity contribution in [3.63, 3.8) is 0 Å². The molecule has 1 aliphatic heterocycles. The van der Waals surface area contributed by atoms with Gasteiger partial charge < -0.3 is 0 Å². The number of rotatable bonds is 0. The van der Waals surface area contributed by atoms with Gasteiger partial charge >= 0.3 is 0 Å². The molecule has 0 bridgehead atoms. The number of carbonyl (C=O) groups excluding carboxylic acids is 1. The lowest BCUT2D eigenvalue weighted by Crippen LogP contribution is -2.49. The van der Waals surface area contributed by atoms with E-state index in [9.17, 15) is 4.79 Å². The van der Waals surface area contributed by atoms with Gasteiger partial charge in [-0.1, -0.05) is 17.7 Å². The number of pyridine rings is 2. The zero-order valence-electron chi connectivity index (χ0n) is 13.4. The van der Waals surface area contributed by atoms with Gasteiger partial charge in [-0.3, -0.25) is 14.7 Å². The van der Waals surface area contributed by atoms with Gasteiger partial charge in [-0.05, 0) is 44.9 Å². The summed E-state index contributed by atoms with van der Waals surface area (Å²) in [4.78, 5) is 24.2. The van der Waals surface area contributed by atoms with Crippen molar-refractivity contribution in [2.45, 2.75) is 44.6 Å². The molecule has 0 radical (unpaired) electrons. The highest BCUT2D eigenvalue weighted by Gasteiger charge is 2.57. The molecule has 0 fully saturated rings. The molecule has 1 amide bonds. The maximum atomic E-state index is 13.4. The predicted molar refractivity (Wildman–Crippen MR) is 89.8 cm³/mol. The average Bonchev–Trinajstić information content (AvgIpc) is 2.96. The molecule has 2 aromatic rings. The van der Waals surface area contributed by atoms with Crippen LogP contribution in [0.4, 0.5) is 5.82 Å². The standard InChI is InChI=1S/C18H18ClN3O/c1-17(2,3)22-15-13(5-4-6-20-15)18(16(22)23)8-11-7-12(19)10-21-14(11)9-18/h4-7,10H,8-9H2,1-3H3/t18-/m1/s1. The molecule has 2 aliphatic rings. The molecular weight excluding hydrogens is 310 g/mol. The number of amides is 1. The van der Waals surface area contributed by atoms with Gasteiger partial charge in [0.05, 0.1) is 10.4 Å². The zero-order valence-corrected chi connectivity index (χ0v) is 14.2. The molecular formula is C18H18ClN3O. The number of carbonyl (C=O) groups is 1. The third-order valence-corrected chi connectivity index (χ3v) is 4.99. The highest BCUT2D eigenvalue weighted by molar-refractivity contribution is 6.30. The Hall–Kier alpha value is -1.94. The second-order valence-corrected chi connectivity index (χ2v) is 7.82. The fraction of sp³-hybridized carbons (Fsp3) is 0.389. The van der Waals surface area contributed by atoms with Crippen LogP contribution in [0, 0.1) is 0 Å². The Kier molecular flexibility index (Phi) is 2.89. The van der Waals surface area contributed by atoms with E-state index in [4.69, 9.17) is 11.6 Å². The molecule has 4 nitrogen and oxygen atoms in total. The van der Waals surface area contributed by atoms with Crippen LogP contribution in [0.25, 0.3) is 0 Å². The molecule has 2 aromatic heterocycles. The minimum absolute atomic E-state index is 0.118. The molecule has 1 atom stereocenters. The SMILES string of the molecule is CC(C)(C)N1C(=O)[C@@]2(Cc3cc(Cl)cnc3C2)c2cccnc21. The first-order valence-electron chi connectivity index (χ1n) is 7.76. The first-order valence-corrected chi connectivity index (χ1v) is 8.14. The summed E-state index contributed by atoms with van der Waals surface area (Å²) in [7, 11) is 0. The number of nitrogens with zero attached hydrogens (tertiary/aromatic N) is 3. The predicted octanol–water partition coefficient (Wildman–Crippen LogP) is 3.31. The summed E-state index contributed by atoms with van der Waals surface area (Å²) in [5.41, 5.74) is 2.14. The fourth-order valence-electron chi connectivity index (χ4n) is 3.83. The summed E-state index contributed by atoms with van der Waals surface area (Å²) >= 11 is 6.09. The lowest BCUT2D eigenvalue weighted by Gasteiger charge is -2.33. The number of halogens is 1. The number of fused-ring (bicyclic) bond motifs is 3. The zero-order chi connectivity index (χ0) is 16.4. The summed E-state index contributed by atoms with van der Waals surface area (Å²) in [5.74, 6) is 0.900. The second-order valence-electron chi connectivity index (χ2n) is 7.38. The van der Waals surface area contributed by atoms with E-state index in [1.54, 1.807) is 12.4 Å². The van der Waals surface area contributed by atoms with Gasteiger partial charge in [0.2, 0.25) is 5.91 Å². The van der Waals surface area contributed by atoms with Crippen LogP contribution in [-0.4, -0.2) is 21.4 Å². The molecule has 1 spiro atoms. The van der Waals surface area contributed by atoms with E-state index >= 15 is 0 Å². The van der Waals surface area contributed by atoms with Gasteiger partial charge in [-0.25, -0.2) is 4.98 Å². The number of anilines is 1. The molecule has 0 saturated heterocycles. The molecule has 3 heterocycles. The van der Waals surface area contributed by atoms with E-state index in [2.05, 4.69) is 9.97 Å². The molecule has 118 valence electrons. The third kappa shape index (κ3) is 1.94. The monoisotopic (exact) mass is 327 g/mol. The van der Waals surface area contributed by atoms with E-state index in [1.807, 2.05) is 43.9 Å². The number of aromatic nitrogens is 2. The quantitative estimate of drug-likeness (QED) is 0.745. The summed E-state index contributed by atoms with van der Waals surface area (Å²) in [6.45, 7) is 6.12. The van der Waals surface area contributed by atoms with Gasteiger partial charge in [0.25, 0.3) is 0 Å². The Morgan fingerprint density at radius 3 is 2.78 bits per heavy atom. The smallest absolute Gasteiger partial charge is 0.240 e. The molecule has 4 rings (SSSR count). The van der Waals surface area contributed by atoms with Gasteiger partial charge in [0.1, 0.15) is 5.82 Å². The van der Waals surface area contributed by atoms with Crippen molar-refractivity contribution in [1.82, 2.24) is 9.97 Å². The van der Waals surface area contributed by atoms with Crippen molar-refractivity contribution in [2.75, 3.05) is 4.90 Å². The average molecular weight is 328 g/mol. The molecule has 1 aliphatic carbocycles. The molecule has 5 heteroatoms. The third-order valence-electron chi connectivity index (χ3n) is 4.79. The van der Waals surface area contributed by atoms with E-state index in [1.165, 1.54) is 0 Å². The van der Waals surface area contributed by atoms with E-state index < -0.39 is 5.41 Å². The lowest BCUT2D eigenvalue weighted by molar-refractivity contribution is -0.123. The largest absolute Gasteiger partial charge is 0.290 e. The van der Waals surface area contributed by atoms with Crippen LogP contribution in [-0.2, 0) is 23.1 Å². The first-order chi connectivity index (χ1) is 10.8. The number of hydrogen-bond donors (Lipinski definition) is 0.